The summed E-state index contributed by atoms with van der Waals surface area (Å²) in [5.41, 5.74) is 4.99. The number of aliphatic carboxylic acids is 1. The maximum absolute atomic E-state index is 11.8. The zero-order valence-electron chi connectivity index (χ0n) is 9.90. The molecular weight excluding hydrogens is 278 g/mol. The lowest BCUT2D eigenvalue weighted by Gasteiger charge is -2.10. The first-order chi connectivity index (χ1) is 8.69. The van der Waals surface area contributed by atoms with Crippen LogP contribution >= 0.6 is 0 Å². The quantitative estimate of drug-likeness (QED) is 0.469. The third-order valence-electron chi connectivity index (χ3n) is 2.32. The number of rotatable bonds is 6. The first kappa shape index (κ1) is 15.1. The van der Waals surface area contributed by atoms with E-state index in [1.807, 2.05) is 0 Å². The third-order valence-corrected chi connectivity index (χ3v) is 3.76. The predicted octanol–water partition coefficient (Wildman–Crippen LogP) is -2.15. The van der Waals surface area contributed by atoms with Crippen LogP contribution in [0, 0.1) is 0 Å². The number of aliphatic hydroxyl groups excluding tert-OH is 1. The van der Waals surface area contributed by atoms with E-state index in [9.17, 15) is 18.0 Å². The summed E-state index contributed by atoms with van der Waals surface area (Å²) in [6, 6.07) is -0.650. The molecule has 1 rings (SSSR count). The van der Waals surface area contributed by atoms with E-state index in [0.29, 0.717) is 0 Å². The van der Waals surface area contributed by atoms with Crippen molar-refractivity contribution in [2.24, 2.45) is 12.8 Å². The van der Waals surface area contributed by atoms with Gasteiger partial charge in [0.15, 0.2) is 0 Å². The number of carbonyl (C=O) groups is 2. The number of aliphatic hydroxyl groups is 1. The fraction of sp³-hybridized carbons (Fsp3) is 0.333. The smallest absolute Gasteiger partial charge is 0.324 e. The van der Waals surface area contributed by atoms with Gasteiger partial charge in [0.1, 0.15) is 16.6 Å². The highest BCUT2D eigenvalue weighted by Crippen LogP contribution is 2.13. The predicted molar refractivity (Wildman–Crippen MR) is 62.8 cm³/mol. The van der Waals surface area contributed by atoms with Crippen LogP contribution in [-0.2, 0) is 21.9 Å². The van der Waals surface area contributed by atoms with Crippen LogP contribution in [0.4, 0.5) is 0 Å². The average Bonchev–Trinajstić information content (AvgIpc) is 2.68. The van der Waals surface area contributed by atoms with Crippen molar-refractivity contribution in [1.29, 1.82) is 0 Å². The number of hydrogen-bond donors (Lipinski definition) is 4. The second-order valence-electron chi connectivity index (χ2n) is 3.73. The van der Waals surface area contributed by atoms with Gasteiger partial charge in [-0.25, -0.2) is 8.42 Å². The molecule has 1 atom stereocenters. The van der Waals surface area contributed by atoms with Crippen LogP contribution in [-0.4, -0.2) is 47.7 Å². The summed E-state index contributed by atoms with van der Waals surface area (Å²) in [5.74, 6) is -2.34. The van der Waals surface area contributed by atoms with Crippen LogP contribution in [0.1, 0.15) is 10.5 Å². The molecule has 0 fully saturated rings. The number of sulfonamides is 1. The third kappa shape index (κ3) is 3.30. The molecular formula is C9H13N3O6S. The largest absolute Gasteiger partial charge is 0.480 e. The topological polar surface area (TPSA) is 152 Å². The Bertz CT molecular complexity index is 605. The summed E-state index contributed by atoms with van der Waals surface area (Å²) in [5, 5.41) is 17.4. The summed E-state index contributed by atoms with van der Waals surface area (Å²) in [4.78, 5) is 21.3. The molecule has 0 aliphatic rings. The molecule has 1 aromatic rings. The Kier molecular flexibility index (Phi) is 4.29. The van der Waals surface area contributed by atoms with Crippen LogP contribution in [0.15, 0.2) is 17.2 Å². The van der Waals surface area contributed by atoms with Crippen LogP contribution in [0.3, 0.4) is 0 Å². The molecule has 19 heavy (non-hydrogen) atoms. The molecule has 0 aliphatic heterocycles. The Morgan fingerprint density at radius 3 is 2.47 bits per heavy atom. The van der Waals surface area contributed by atoms with Gasteiger partial charge >= 0.3 is 5.97 Å². The number of aromatic nitrogens is 1. The summed E-state index contributed by atoms with van der Waals surface area (Å²) in [7, 11) is -2.75. The van der Waals surface area contributed by atoms with E-state index >= 15 is 0 Å². The molecule has 0 spiro atoms. The number of amides is 1. The monoisotopic (exact) mass is 291 g/mol. The van der Waals surface area contributed by atoms with Gasteiger partial charge in [0.2, 0.25) is 10.0 Å². The summed E-state index contributed by atoms with van der Waals surface area (Å²) in [6.45, 7) is -0.899. The van der Waals surface area contributed by atoms with E-state index in [1.165, 1.54) is 11.6 Å². The van der Waals surface area contributed by atoms with Crippen LogP contribution in [0.5, 0.6) is 0 Å². The number of nitrogens with two attached hydrogens (primary N) is 1. The molecule has 106 valence electrons. The van der Waals surface area contributed by atoms with Gasteiger partial charge < -0.3 is 20.5 Å². The Labute approximate surface area is 108 Å². The number of nitrogens with one attached hydrogen (secondary N) is 1. The standard InChI is InChI=1S/C9H13N3O6S/c1-12-3-5(2-7(12)8(10)14)19(17,18)11-6(4-13)9(15)16/h2-3,6,11,13H,4H2,1H3,(H2,10,14)(H,15,16). The van der Waals surface area contributed by atoms with E-state index in [2.05, 4.69) is 0 Å². The van der Waals surface area contributed by atoms with Gasteiger partial charge in [-0.2, -0.15) is 4.72 Å². The van der Waals surface area contributed by atoms with Crippen LogP contribution in [0.25, 0.3) is 0 Å². The molecule has 0 aliphatic carbocycles. The number of hydrogen-bond acceptors (Lipinski definition) is 5. The molecule has 1 aromatic heterocycles. The Hall–Kier alpha value is -1.91. The number of nitrogens with zero attached hydrogens (tertiary/aromatic N) is 1. The van der Waals surface area contributed by atoms with Gasteiger partial charge in [0, 0.05) is 13.2 Å². The van der Waals surface area contributed by atoms with Crippen molar-refractivity contribution in [1.82, 2.24) is 9.29 Å². The van der Waals surface area contributed by atoms with Gasteiger partial charge in [-0.3, -0.25) is 9.59 Å². The maximum Gasteiger partial charge on any atom is 0.324 e. The minimum atomic E-state index is -4.17. The normalized spacial score (nSPS) is 13.2. The first-order valence-electron chi connectivity index (χ1n) is 5.01. The Balaban J connectivity index is 3.10. The van der Waals surface area contributed by atoms with Gasteiger partial charge in [0.25, 0.3) is 5.91 Å². The lowest BCUT2D eigenvalue weighted by molar-refractivity contribution is -0.139. The summed E-state index contributed by atoms with van der Waals surface area (Å²) in [6.07, 6.45) is 1.11. The second kappa shape index (κ2) is 5.38. The molecule has 1 unspecified atom stereocenters. The molecule has 0 aromatic carbocycles. The zero-order valence-corrected chi connectivity index (χ0v) is 10.7. The Morgan fingerprint density at radius 2 is 2.11 bits per heavy atom. The zero-order chi connectivity index (χ0) is 14.8. The highest BCUT2D eigenvalue weighted by atomic mass is 32.2. The van der Waals surface area contributed by atoms with Crippen LogP contribution < -0.4 is 10.5 Å². The highest BCUT2D eigenvalue weighted by Gasteiger charge is 2.26. The van der Waals surface area contributed by atoms with Crippen molar-refractivity contribution < 1.29 is 28.2 Å². The minimum absolute atomic E-state index is 0.0451. The second-order valence-corrected chi connectivity index (χ2v) is 5.44. The van der Waals surface area contributed by atoms with Gasteiger partial charge in [-0.1, -0.05) is 0 Å². The van der Waals surface area contributed by atoms with E-state index in [4.69, 9.17) is 15.9 Å². The fourth-order valence-corrected chi connectivity index (χ4v) is 2.60. The van der Waals surface area contributed by atoms with Crippen molar-refractivity contribution in [2.45, 2.75) is 10.9 Å². The molecule has 1 amide bonds. The average molecular weight is 291 g/mol. The van der Waals surface area contributed by atoms with E-state index in [-0.39, 0.29) is 10.6 Å². The SMILES string of the molecule is Cn1cc(S(=O)(=O)NC(CO)C(=O)O)cc1C(N)=O. The molecule has 0 radical (unpaired) electrons. The van der Waals surface area contributed by atoms with Gasteiger partial charge in [-0.05, 0) is 6.07 Å². The minimum Gasteiger partial charge on any atom is -0.480 e. The molecule has 1 heterocycles. The number of carboxylic acids is 1. The van der Waals surface area contributed by atoms with Crippen molar-refractivity contribution >= 4 is 21.9 Å². The first-order valence-corrected chi connectivity index (χ1v) is 6.49. The number of primary amides is 1. The van der Waals surface area contributed by atoms with Crippen molar-refractivity contribution in [3.8, 4) is 0 Å². The number of carbonyl (C=O) groups excluding carboxylic acids is 1. The Morgan fingerprint density at radius 1 is 1.53 bits per heavy atom. The summed E-state index contributed by atoms with van der Waals surface area (Å²) >= 11 is 0. The lowest BCUT2D eigenvalue weighted by Crippen LogP contribution is -2.43. The molecule has 0 saturated heterocycles. The van der Waals surface area contributed by atoms with Crippen molar-refractivity contribution in [3.05, 3.63) is 18.0 Å². The van der Waals surface area contributed by atoms with Gasteiger partial charge in [0.05, 0.1) is 6.61 Å². The molecule has 0 bridgehead atoms. The molecule has 5 N–H and O–H groups in total. The van der Waals surface area contributed by atoms with Crippen molar-refractivity contribution in [3.63, 3.8) is 0 Å². The maximum atomic E-state index is 11.8. The molecule has 0 saturated carbocycles. The van der Waals surface area contributed by atoms with E-state index in [1.54, 1.807) is 4.72 Å². The number of aryl methyl sites for hydroxylation is 1. The van der Waals surface area contributed by atoms with Crippen molar-refractivity contribution in [2.75, 3.05) is 6.61 Å². The van der Waals surface area contributed by atoms with E-state index < -0.39 is 34.5 Å². The van der Waals surface area contributed by atoms with Crippen LogP contribution in [0.2, 0.25) is 0 Å². The molecule has 10 heteroatoms. The molecule has 9 nitrogen and oxygen atoms in total. The van der Waals surface area contributed by atoms with Gasteiger partial charge in [-0.15, -0.1) is 0 Å². The van der Waals surface area contributed by atoms with E-state index in [0.717, 1.165) is 12.3 Å². The highest BCUT2D eigenvalue weighted by molar-refractivity contribution is 7.89. The lowest BCUT2D eigenvalue weighted by atomic mass is 10.3. The fourth-order valence-electron chi connectivity index (χ4n) is 1.35. The summed E-state index contributed by atoms with van der Waals surface area (Å²) < 4.78 is 26.7. The number of carboxylic acid groups (broad SMARTS) is 1.